The highest BCUT2D eigenvalue weighted by Crippen LogP contribution is 2.39. The van der Waals surface area contributed by atoms with Crippen molar-refractivity contribution in [3.8, 4) is 11.3 Å². The summed E-state index contributed by atoms with van der Waals surface area (Å²) in [5.41, 5.74) is 1.98. The molecule has 2 heterocycles. The van der Waals surface area contributed by atoms with Crippen LogP contribution in [0.25, 0.3) is 11.3 Å². The van der Waals surface area contributed by atoms with E-state index in [1.807, 2.05) is 36.4 Å². The molecule has 1 aromatic heterocycles. The van der Waals surface area contributed by atoms with Crippen molar-refractivity contribution in [3.63, 3.8) is 0 Å². The van der Waals surface area contributed by atoms with Crippen LogP contribution >= 0.6 is 0 Å². The maximum Gasteiger partial charge on any atom is 0.267 e. The molecular weight excluding hydrogens is 274 g/mol. The molecule has 1 N–H and O–H groups in total. The average Bonchev–Trinajstić information content (AvgIpc) is 2.55. The van der Waals surface area contributed by atoms with E-state index in [4.69, 9.17) is 5.10 Å². The molecule has 0 amide bonds. The molecule has 1 aliphatic heterocycles. The third-order valence-electron chi connectivity index (χ3n) is 5.11. The van der Waals surface area contributed by atoms with E-state index in [0.717, 1.165) is 24.3 Å². The third-order valence-corrected chi connectivity index (χ3v) is 5.11. The molecule has 0 radical (unpaired) electrons. The van der Waals surface area contributed by atoms with Crippen LogP contribution in [0.1, 0.15) is 25.3 Å². The molecule has 2 unspecified atom stereocenters. The Morgan fingerprint density at radius 2 is 1.73 bits per heavy atom. The van der Waals surface area contributed by atoms with Crippen molar-refractivity contribution >= 4 is 0 Å². The fourth-order valence-corrected chi connectivity index (χ4v) is 4.07. The molecule has 4 heteroatoms. The summed E-state index contributed by atoms with van der Waals surface area (Å²) in [7, 11) is 0. The lowest BCUT2D eigenvalue weighted by Gasteiger charge is -2.42. The van der Waals surface area contributed by atoms with Crippen LogP contribution in [0.2, 0.25) is 0 Å². The number of benzene rings is 1. The zero-order valence-corrected chi connectivity index (χ0v) is 12.6. The Bertz CT molecular complexity index is 688. The van der Waals surface area contributed by atoms with Gasteiger partial charge in [-0.3, -0.25) is 4.79 Å². The minimum Gasteiger partial charge on any atom is -0.316 e. The highest BCUT2D eigenvalue weighted by atomic mass is 16.1. The Morgan fingerprint density at radius 1 is 1.00 bits per heavy atom. The Morgan fingerprint density at radius 3 is 2.45 bits per heavy atom. The second-order valence-corrected chi connectivity index (χ2v) is 6.47. The molecule has 1 saturated heterocycles. The van der Waals surface area contributed by atoms with Gasteiger partial charge < -0.3 is 5.32 Å². The summed E-state index contributed by atoms with van der Waals surface area (Å²) in [6.45, 7) is 2.01. The standard InChI is InChI=1S/C18H21N3O/c22-17-10-9-16(13-5-2-1-3-6-13)20-21(17)18-14-7-4-8-15(18)12-19-11-14/h1-3,5-6,9-10,14-15,18-19H,4,7-8,11-12H2. The number of aromatic nitrogens is 2. The Kier molecular flexibility index (Phi) is 3.54. The number of fused-ring (bicyclic) bond motifs is 2. The van der Waals surface area contributed by atoms with Gasteiger partial charge >= 0.3 is 0 Å². The first-order valence-corrected chi connectivity index (χ1v) is 8.19. The van der Waals surface area contributed by atoms with Crippen LogP contribution in [0.3, 0.4) is 0 Å². The topological polar surface area (TPSA) is 46.9 Å². The maximum absolute atomic E-state index is 12.4. The summed E-state index contributed by atoms with van der Waals surface area (Å²) in [6, 6.07) is 13.9. The van der Waals surface area contributed by atoms with E-state index < -0.39 is 0 Å². The second kappa shape index (κ2) is 5.69. The van der Waals surface area contributed by atoms with E-state index in [0.29, 0.717) is 11.8 Å². The van der Waals surface area contributed by atoms with Gasteiger partial charge in [0.05, 0.1) is 11.7 Å². The number of piperidine rings is 1. The van der Waals surface area contributed by atoms with E-state index in [2.05, 4.69) is 5.32 Å². The first kappa shape index (κ1) is 13.7. The average molecular weight is 295 g/mol. The van der Waals surface area contributed by atoms with E-state index >= 15 is 0 Å². The zero-order chi connectivity index (χ0) is 14.9. The molecule has 2 atom stereocenters. The van der Waals surface area contributed by atoms with Crippen molar-refractivity contribution in [2.75, 3.05) is 13.1 Å². The number of nitrogens with one attached hydrogen (secondary N) is 1. The van der Waals surface area contributed by atoms with Crippen molar-refractivity contribution in [3.05, 3.63) is 52.8 Å². The lowest BCUT2D eigenvalue weighted by atomic mass is 9.74. The van der Waals surface area contributed by atoms with Gasteiger partial charge in [-0.25, -0.2) is 4.68 Å². The first-order valence-electron chi connectivity index (χ1n) is 8.19. The maximum atomic E-state index is 12.4. The normalized spacial score (nSPS) is 27.5. The summed E-state index contributed by atoms with van der Waals surface area (Å²) >= 11 is 0. The summed E-state index contributed by atoms with van der Waals surface area (Å²) in [5.74, 6) is 1.06. The molecule has 0 spiro atoms. The molecule has 2 bridgehead atoms. The third kappa shape index (κ3) is 2.37. The van der Waals surface area contributed by atoms with Crippen molar-refractivity contribution in [2.45, 2.75) is 25.3 Å². The van der Waals surface area contributed by atoms with Gasteiger partial charge in [0.2, 0.25) is 0 Å². The molecule has 2 fully saturated rings. The quantitative estimate of drug-likeness (QED) is 0.926. The summed E-state index contributed by atoms with van der Waals surface area (Å²) < 4.78 is 1.78. The largest absolute Gasteiger partial charge is 0.316 e. The van der Waals surface area contributed by atoms with Crippen LogP contribution in [0.15, 0.2) is 47.3 Å². The Labute approximate surface area is 130 Å². The van der Waals surface area contributed by atoms with E-state index in [-0.39, 0.29) is 11.6 Å². The zero-order valence-electron chi connectivity index (χ0n) is 12.6. The number of hydrogen-bond acceptors (Lipinski definition) is 3. The van der Waals surface area contributed by atoms with Gasteiger partial charge in [-0.2, -0.15) is 5.10 Å². The van der Waals surface area contributed by atoms with E-state index in [1.54, 1.807) is 10.7 Å². The van der Waals surface area contributed by atoms with Crippen LogP contribution in [0, 0.1) is 11.8 Å². The Hall–Kier alpha value is -1.94. The molecule has 4 rings (SSSR count). The molecule has 1 aromatic carbocycles. The van der Waals surface area contributed by atoms with Gasteiger partial charge in [-0.1, -0.05) is 36.8 Å². The van der Waals surface area contributed by atoms with Crippen molar-refractivity contribution in [1.29, 1.82) is 0 Å². The molecular formula is C18H21N3O. The summed E-state index contributed by atoms with van der Waals surface area (Å²) in [5, 5.41) is 8.23. The van der Waals surface area contributed by atoms with Crippen molar-refractivity contribution in [1.82, 2.24) is 15.1 Å². The van der Waals surface area contributed by atoms with Crippen LogP contribution in [-0.2, 0) is 0 Å². The molecule has 22 heavy (non-hydrogen) atoms. The minimum atomic E-state index is 0.0310. The molecule has 1 saturated carbocycles. The number of rotatable bonds is 2. The highest BCUT2D eigenvalue weighted by molar-refractivity contribution is 5.57. The SMILES string of the molecule is O=c1ccc(-c2ccccc2)nn1C1C2CCCC1CNC2. The van der Waals surface area contributed by atoms with Gasteiger partial charge in [0.1, 0.15) is 0 Å². The lowest BCUT2D eigenvalue weighted by molar-refractivity contribution is 0.102. The van der Waals surface area contributed by atoms with E-state index in [9.17, 15) is 4.79 Å². The lowest BCUT2D eigenvalue weighted by Crippen LogP contribution is -2.49. The van der Waals surface area contributed by atoms with Gasteiger partial charge in [-0.05, 0) is 30.7 Å². The molecule has 2 aromatic rings. The van der Waals surface area contributed by atoms with E-state index in [1.165, 1.54) is 19.3 Å². The molecule has 114 valence electrons. The van der Waals surface area contributed by atoms with Crippen LogP contribution in [-0.4, -0.2) is 22.9 Å². The fourth-order valence-electron chi connectivity index (χ4n) is 4.07. The molecule has 4 nitrogen and oxygen atoms in total. The van der Waals surface area contributed by atoms with Crippen LogP contribution < -0.4 is 10.9 Å². The van der Waals surface area contributed by atoms with Gasteiger partial charge in [0.25, 0.3) is 5.56 Å². The first-order chi connectivity index (χ1) is 10.8. The Balaban J connectivity index is 1.77. The van der Waals surface area contributed by atoms with Gasteiger partial charge in [-0.15, -0.1) is 0 Å². The van der Waals surface area contributed by atoms with Crippen molar-refractivity contribution < 1.29 is 0 Å². The fraction of sp³-hybridized carbons (Fsp3) is 0.444. The highest BCUT2D eigenvalue weighted by Gasteiger charge is 2.38. The number of hydrogen-bond donors (Lipinski definition) is 1. The summed E-state index contributed by atoms with van der Waals surface area (Å²) in [6.07, 6.45) is 3.66. The monoisotopic (exact) mass is 295 g/mol. The van der Waals surface area contributed by atoms with Crippen LogP contribution in [0.4, 0.5) is 0 Å². The predicted octanol–water partition coefficient (Wildman–Crippen LogP) is 2.47. The van der Waals surface area contributed by atoms with Crippen LogP contribution in [0.5, 0.6) is 0 Å². The summed E-state index contributed by atoms with van der Waals surface area (Å²) in [4.78, 5) is 12.4. The molecule has 2 aliphatic rings. The second-order valence-electron chi connectivity index (χ2n) is 6.47. The van der Waals surface area contributed by atoms with Gasteiger partial charge in [0.15, 0.2) is 0 Å². The smallest absolute Gasteiger partial charge is 0.267 e. The number of nitrogens with zero attached hydrogens (tertiary/aromatic N) is 2. The predicted molar refractivity (Wildman–Crippen MR) is 86.7 cm³/mol. The molecule has 1 aliphatic carbocycles. The van der Waals surface area contributed by atoms with Crippen molar-refractivity contribution in [2.24, 2.45) is 11.8 Å². The minimum absolute atomic E-state index is 0.0310. The van der Waals surface area contributed by atoms with Gasteiger partial charge in [0, 0.05) is 24.7 Å².